The zero-order chi connectivity index (χ0) is 20.9. The van der Waals surface area contributed by atoms with Crippen molar-refractivity contribution in [2.45, 2.75) is 45.4 Å². The highest BCUT2D eigenvalue weighted by atomic mass is 32.2. The van der Waals surface area contributed by atoms with E-state index < -0.39 is 15.6 Å². The number of hydrogen-bond acceptors (Lipinski definition) is 4. The first-order valence-electron chi connectivity index (χ1n) is 9.42. The van der Waals surface area contributed by atoms with E-state index in [0.717, 1.165) is 11.8 Å². The summed E-state index contributed by atoms with van der Waals surface area (Å²) in [6, 6.07) is 6.33. The molecule has 1 fully saturated rings. The van der Waals surface area contributed by atoms with Gasteiger partial charge in [0.1, 0.15) is 11.9 Å². The molecule has 1 aromatic carbocycles. The van der Waals surface area contributed by atoms with Gasteiger partial charge in [-0.3, -0.25) is 4.99 Å². The number of rotatable bonds is 6. The molecule has 0 amide bonds. The van der Waals surface area contributed by atoms with E-state index in [-0.39, 0.29) is 24.6 Å². The third kappa shape index (κ3) is 7.03. The van der Waals surface area contributed by atoms with Gasteiger partial charge in [-0.15, -0.1) is 0 Å². The van der Waals surface area contributed by atoms with Crippen LogP contribution in [0.5, 0.6) is 0 Å². The van der Waals surface area contributed by atoms with Crippen molar-refractivity contribution in [3.63, 3.8) is 0 Å². The molecule has 0 aliphatic carbocycles. The van der Waals surface area contributed by atoms with Gasteiger partial charge >= 0.3 is 0 Å². The molecule has 0 saturated carbocycles. The minimum Gasteiger partial charge on any atom is -0.367 e. The van der Waals surface area contributed by atoms with Crippen molar-refractivity contribution in [1.29, 1.82) is 0 Å². The molecule has 0 aromatic heterocycles. The third-order valence-corrected chi connectivity index (χ3v) is 5.15. The highest BCUT2D eigenvalue weighted by Gasteiger charge is 2.29. The average molecular weight is 415 g/mol. The fourth-order valence-electron chi connectivity index (χ4n) is 3.22. The van der Waals surface area contributed by atoms with E-state index in [1.54, 1.807) is 26.0 Å². The first-order valence-corrected chi connectivity index (χ1v) is 11.3. The lowest BCUT2D eigenvalue weighted by Crippen LogP contribution is -2.52. The monoisotopic (exact) mass is 414 g/mol. The topological polar surface area (TPSA) is 83.0 Å². The molecular formula is C19H31FN4O3S. The van der Waals surface area contributed by atoms with E-state index in [4.69, 9.17) is 4.74 Å². The Bertz CT molecular complexity index is 781. The highest BCUT2D eigenvalue weighted by molar-refractivity contribution is 7.88. The highest BCUT2D eigenvalue weighted by Crippen LogP contribution is 2.25. The molecule has 0 bridgehead atoms. The number of sulfonamides is 1. The van der Waals surface area contributed by atoms with Crippen LogP contribution in [0.1, 0.15) is 39.4 Å². The van der Waals surface area contributed by atoms with Crippen molar-refractivity contribution >= 4 is 16.0 Å². The summed E-state index contributed by atoms with van der Waals surface area (Å²) >= 11 is 0. The first-order chi connectivity index (χ1) is 13.0. The molecule has 2 rings (SSSR count). The number of guanidine groups is 1. The van der Waals surface area contributed by atoms with Crippen LogP contribution < -0.4 is 10.0 Å². The number of ether oxygens (including phenoxy) is 1. The van der Waals surface area contributed by atoms with E-state index in [2.05, 4.69) is 19.9 Å². The molecule has 0 radical (unpaired) electrons. The van der Waals surface area contributed by atoms with E-state index in [0.29, 0.717) is 25.6 Å². The molecule has 1 saturated heterocycles. The standard InChI is InChI=1S/C19H31FN4O3S/c1-6-21-18(22-13-19(3,4)23-28(5,25)26)24-11-14(2)27-17(12-24)15-7-9-16(20)10-8-15/h7-10,14,17,23H,6,11-13H2,1-5H3,(H,21,22). The average Bonchev–Trinajstić information content (AvgIpc) is 2.56. The number of nitrogens with zero attached hydrogens (tertiary/aromatic N) is 2. The molecular weight excluding hydrogens is 383 g/mol. The second-order valence-corrected chi connectivity index (χ2v) is 9.57. The molecule has 2 unspecified atom stereocenters. The molecule has 9 heteroatoms. The van der Waals surface area contributed by atoms with E-state index in [9.17, 15) is 12.8 Å². The number of halogens is 1. The number of nitrogens with one attached hydrogen (secondary N) is 2. The minimum atomic E-state index is -3.33. The molecule has 7 nitrogen and oxygen atoms in total. The van der Waals surface area contributed by atoms with Gasteiger partial charge in [-0.1, -0.05) is 12.1 Å². The lowest BCUT2D eigenvalue weighted by molar-refractivity contribution is -0.0605. The van der Waals surface area contributed by atoms with Gasteiger partial charge in [0.25, 0.3) is 0 Å². The van der Waals surface area contributed by atoms with E-state index in [1.165, 1.54) is 12.1 Å². The van der Waals surface area contributed by atoms with Crippen LogP contribution in [0.25, 0.3) is 0 Å². The summed E-state index contributed by atoms with van der Waals surface area (Å²) in [6.07, 6.45) is 0.908. The van der Waals surface area contributed by atoms with Crippen LogP contribution in [0, 0.1) is 5.82 Å². The minimum absolute atomic E-state index is 0.0326. The predicted octanol–water partition coefficient (Wildman–Crippen LogP) is 1.88. The fourth-order valence-corrected chi connectivity index (χ4v) is 4.29. The van der Waals surface area contributed by atoms with Gasteiger partial charge in [-0.2, -0.15) is 0 Å². The summed E-state index contributed by atoms with van der Waals surface area (Å²) in [6.45, 7) is 9.76. The van der Waals surface area contributed by atoms with Crippen molar-refractivity contribution < 1.29 is 17.5 Å². The molecule has 0 spiro atoms. The van der Waals surface area contributed by atoms with Crippen LogP contribution in [0.3, 0.4) is 0 Å². The Kier molecular flexibility index (Phi) is 7.41. The second-order valence-electron chi connectivity index (χ2n) is 7.82. The Labute approximate surface area is 167 Å². The lowest BCUT2D eigenvalue weighted by atomic mass is 10.1. The summed E-state index contributed by atoms with van der Waals surface area (Å²) in [5.41, 5.74) is 0.204. The summed E-state index contributed by atoms with van der Waals surface area (Å²) in [7, 11) is -3.33. The summed E-state index contributed by atoms with van der Waals surface area (Å²) < 4.78 is 45.0. The summed E-state index contributed by atoms with van der Waals surface area (Å²) in [5.74, 6) is 0.424. The van der Waals surface area contributed by atoms with Crippen molar-refractivity contribution in [3.05, 3.63) is 35.6 Å². The third-order valence-electron chi connectivity index (χ3n) is 4.22. The Hall–Kier alpha value is -1.71. The van der Waals surface area contributed by atoms with Gasteiger partial charge in [-0.25, -0.2) is 17.5 Å². The fraction of sp³-hybridized carbons (Fsp3) is 0.632. The van der Waals surface area contributed by atoms with Crippen LogP contribution in [0.15, 0.2) is 29.3 Å². The van der Waals surface area contributed by atoms with Crippen LogP contribution in [0.4, 0.5) is 4.39 Å². The van der Waals surface area contributed by atoms with Crippen LogP contribution in [0.2, 0.25) is 0 Å². The smallest absolute Gasteiger partial charge is 0.209 e. The quantitative estimate of drug-likeness (QED) is 0.549. The molecule has 158 valence electrons. The van der Waals surface area contributed by atoms with E-state index in [1.807, 2.05) is 13.8 Å². The maximum absolute atomic E-state index is 13.2. The van der Waals surface area contributed by atoms with Crippen molar-refractivity contribution in [2.75, 3.05) is 32.4 Å². The normalized spacial score (nSPS) is 21.6. The summed E-state index contributed by atoms with van der Waals surface area (Å²) in [5, 5.41) is 3.27. The Morgan fingerprint density at radius 1 is 1.32 bits per heavy atom. The van der Waals surface area contributed by atoms with Crippen LogP contribution >= 0.6 is 0 Å². The number of hydrogen-bond donors (Lipinski definition) is 2. The lowest BCUT2D eigenvalue weighted by Gasteiger charge is -2.39. The molecule has 1 heterocycles. The molecule has 1 aromatic rings. The van der Waals surface area contributed by atoms with Gasteiger partial charge in [0.05, 0.1) is 25.4 Å². The van der Waals surface area contributed by atoms with Gasteiger partial charge in [0, 0.05) is 18.6 Å². The molecule has 28 heavy (non-hydrogen) atoms. The molecule has 1 aliphatic heterocycles. The second kappa shape index (κ2) is 9.19. The maximum Gasteiger partial charge on any atom is 0.209 e. The van der Waals surface area contributed by atoms with Gasteiger partial charge in [0.2, 0.25) is 10.0 Å². The SMILES string of the molecule is CCNC(=NCC(C)(C)NS(C)(=O)=O)N1CC(C)OC(c2ccc(F)cc2)C1. The van der Waals surface area contributed by atoms with Crippen molar-refractivity contribution in [3.8, 4) is 0 Å². The summed E-state index contributed by atoms with van der Waals surface area (Å²) in [4.78, 5) is 6.76. The maximum atomic E-state index is 13.2. The first kappa shape index (κ1) is 22.6. The predicted molar refractivity (Wildman–Crippen MR) is 109 cm³/mol. The Morgan fingerprint density at radius 3 is 2.54 bits per heavy atom. The molecule has 1 aliphatic rings. The van der Waals surface area contributed by atoms with E-state index >= 15 is 0 Å². The van der Waals surface area contributed by atoms with Crippen LogP contribution in [-0.2, 0) is 14.8 Å². The number of morpholine rings is 1. The molecule has 2 N–H and O–H groups in total. The number of benzene rings is 1. The van der Waals surface area contributed by atoms with Gasteiger partial charge in [0.15, 0.2) is 5.96 Å². The zero-order valence-electron chi connectivity index (χ0n) is 17.2. The van der Waals surface area contributed by atoms with Crippen molar-refractivity contribution in [1.82, 2.24) is 14.9 Å². The van der Waals surface area contributed by atoms with Gasteiger partial charge in [-0.05, 0) is 45.4 Å². The number of aliphatic imine (C=N–C) groups is 1. The van der Waals surface area contributed by atoms with Crippen molar-refractivity contribution in [2.24, 2.45) is 4.99 Å². The largest absolute Gasteiger partial charge is 0.367 e. The molecule has 2 atom stereocenters. The van der Waals surface area contributed by atoms with Crippen LogP contribution in [-0.4, -0.2) is 63.4 Å². The Balaban J connectivity index is 2.17. The van der Waals surface area contributed by atoms with Gasteiger partial charge < -0.3 is 15.0 Å². The Morgan fingerprint density at radius 2 is 1.96 bits per heavy atom. The zero-order valence-corrected chi connectivity index (χ0v) is 18.0.